The molecule has 1 aromatic rings. The molecule has 5 N–H and O–H groups in total. The van der Waals surface area contributed by atoms with Gasteiger partial charge in [0.1, 0.15) is 17.3 Å². The van der Waals surface area contributed by atoms with Gasteiger partial charge in [-0.05, 0) is 92.3 Å². The lowest BCUT2D eigenvalue weighted by Gasteiger charge is -2.48. The molecule has 1 saturated carbocycles. The lowest BCUT2D eigenvalue weighted by atomic mass is 9.59. The van der Waals surface area contributed by atoms with E-state index in [9.17, 15) is 24.9 Å². The normalized spacial score (nSPS) is 28.1. The summed E-state index contributed by atoms with van der Waals surface area (Å²) in [5.74, 6) is -1.75. The number of rotatable bonds is 5. The Bertz CT molecular complexity index is 1460. The Labute approximate surface area is 241 Å². The average molecular weight is 560 g/mol. The number of nitrogens with two attached hydrogens (primary N) is 1. The second-order valence-corrected chi connectivity index (χ2v) is 13.1. The van der Waals surface area contributed by atoms with Crippen molar-refractivity contribution in [3.8, 4) is 5.75 Å². The highest BCUT2D eigenvalue weighted by atomic mass is 16.3. The molecule has 6 rings (SSSR count). The van der Waals surface area contributed by atoms with Gasteiger partial charge in [-0.2, -0.15) is 0 Å². The molecule has 0 spiro atoms. The van der Waals surface area contributed by atoms with Gasteiger partial charge in [0.05, 0.1) is 17.2 Å². The standard InChI is InChI=1S/C33H41N3O5/c1-16(2)15-36-11-9-17(10-12-36)20-7-8-23(37)26-21(20)13-19-14-22-27(31(39)25(19)30(26)38)24(18-5-6-18)28(33(34)41)32(40)29(22)35(3)4/h7-9,16,19,22,27,29,37,39-40H,5-6,10-15H2,1-4H3,(H2,34,41)/t19?,22?,27?,29-/m0/s1. The maximum absolute atomic E-state index is 14.2. The fourth-order valence-corrected chi connectivity index (χ4v) is 7.99. The van der Waals surface area contributed by atoms with E-state index in [2.05, 4.69) is 24.8 Å². The van der Waals surface area contributed by atoms with Gasteiger partial charge in [-0.25, -0.2) is 0 Å². The number of aliphatic hydroxyl groups is 2. The Hall–Kier alpha value is -3.36. The highest BCUT2D eigenvalue weighted by Gasteiger charge is 2.53. The minimum Gasteiger partial charge on any atom is -0.511 e. The first kappa shape index (κ1) is 27.8. The summed E-state index contributed by atoms with van der Waals surface area (Å²) in [7, 11) is 3.69. The van der Waals surface area contributed by atoms with E-state index in [1.807, 2.05) is 25.1 Å². The monoisotopic (exact) mass is 559 g/mol. The molecule has 218 valence electrons. The third kappa shape index (κ3) is 4.52. The van der Waals surface area contributed by atoms with Gasteiger partial charge in [0.15, 0.2) is 5.78 Å². The number of aromatic hydroxyl groups is 1. The molecule has 0 radical (unpaired) electrons. The molecule has 0 aromatic heterocycles. The van der Waals surface area contributed by atoms with Crippen LogP contribution in [0.25, 0.3) is 5.57 Å². The number of nitrogens with zero attached hydrogens (tertiary/aromatic N) is 2. The van der Waals surface area contributed by atoms with Crippen molar-refractivity contribution in [3.05, 3.63) is 68.7 Å². The number of allylic oxidation sites excluding steroid dienone is 3. The molecule has 1 aromatic carbocycles. The third-order valence-electron chi connectivity index (χ3n) is 9.65. The highest BCUT2D eigenvalue weighted by Crippen LogP contribution is 2.56. The van der Waals surface area contributed by atoms with Crippen LogP contribution in [-0.2, 0) is 11.2 Å². The molecule has 1 heterocycles. The van der Waals surface area contributed by atoms with Gasteiger partial charge in [-0.3, -0.25) is 19.4 Å². The van der Waals surface area contributed by atoms with Crippen LogP contribution in [-0.4, -0.2) is 76.6 Å². The zero-order valence-corrected chi connectivity index (χ0v) is 24.4. The summed E-state index contributed by atoms with van der Waals surface area (Å²) < 4.78 is 0. The van der Waals surface area contributed by atoms with Gasteiger partial charge in [-0.1, -0.05) is 31.6 Å². The maximum Gasteiger partial charge on any atom is 0.252 e. The summed E-state index contributed by atoms with van der Waals surface area (Å²) in [6, 6.07) is 3.00. The summed E-state index contributed by atoms with van der Waals surface area (Å²) in [5, 5.41) is 34.2. The molecule has 0 bridgehead atoms. The van der Waals surface area contributed by atoms with Crippen LogP contribution in [0, 0.1) is 23.7 Å². The smallest absolute Gasteiger partial charge is 0.252 e. The van der Waals surface area contributed by atoms with Gasteiger partial charge in [-0.15, -0.1) is 0 Å². The number of hydrogen-bond donors (Lipinski definition) is 4. The quantitative estimate of drug-likeness (QED) is 0.424. The zero-order chi connectivity index (χ0) is 29.3. The molecule has 5 aliphatic rings. The van der Waals surface area contributed by atoms with E-state index in [4.69, 9.17) is 5.73 Å². The van der Waals surface area contributed by atoms with Gasteiger partial charge in [0, 0.05) is 31.1 Å². The van der Waals surface area contributed by atoms with E-state index in [-0.39, 0.29) is 46.0 Å². The Balaban J connectivity index is 1.45. The minimum absolute atomic E-state index is 0.0413. The number of carbonyl (C=O) groups excluding carboxylic acids is 2. The predicted octanol–water partition coefficient (Wildman–Crippen LogP) is 4.27. The Morgan fingerprint density at radius 2 is 1.83 bits per heavy atom. The van der Waals surface area contributed by atoms with E-state index >= 15 is 0 Å². The molecule has 4 aliphatic carbocycles. The van der Waals surface area contributed by atoms with Crippen molar-refractivity contribution in [2.75, 3.05) is 33.7 Å². The Morgan fingerprint density at radius 3 is 2.41 bits per heavy atom. The number of carbonyl (C=O) groups is 2. The second-order valence-electron chi connectivity index (χ2n) is 13.1. The van der Waals surface area contributed by atoms with Crippen molar-refractivity contribution in [2.24, 2.45) is 29.4 Å². The summed E-state index contributed by atoms with van der Waals surface area (Å²) in [6.07, 6.45) is 5.72. The molecule has 1 fully saturated rings. The molecule has 41 heavy (non-hydrogen) atoms. The zero-order valence-electron chi connectivity index (χ0n) is 24.4. The number of phenols is 1. The number of phenolic OH excluding ortho intramolecular Hbond substituents is 1. The van der Waals surface area contributed by atoms with Gasteiger partial charge >= 0.3 is 0 Å². The van der Waals surface area contributed by atoms with Gasteiger partial charge < -0.3 is 21.1 Å². The van der Waals surface area contributed by atoms with Crippen molar-refractivity contribution in [3.63, 3.8) is 0 Å². The number of primary amides is 1. The first-order chi connectivity index (χ1) is 19.5. The predicted molar refractivity (Wildman–Crippen MR) is 157 cm³/mol. The Morgan fingerprint density at radius 1 is 1.10 bits per heavy atom. The minimum atomic E-state index is -0.725. The van der Waals surface area contributed by atoms with E-state index in [1.165, 1.54) is 5.57 Å². The fraction of sp³-hybridized carbons (Fsp3) is 0.515. The second kappa shape index (κ2) is 10.2. The molecule has 0 saturated heterocycles. The SMILES string of the molecule is CC(C)CN1CC=C(c2ccc(O)c3c2CC2CC4C(C(O)=C2C3=O)C(=C2CC2)C(C(N)=O)=C(O)[C@H]4N(C)C)CC1. The number of ketones is 1. The molecular weight excluding hydrogens is 518 g/mol. The van der Waals surface area contributed by atoms with Crippen molar-refractivity contribution >= 4 is 17.3 Å². The number of hydrogen-bond acceptors (Lipinski definition) is 7. The average Bonchev–Trinajstić information content (AvgIpc) is 3.73. The van der Waals surface area contributed by atoms with E-state index in [0.29, 0.717) is 29.9 Å². The van der Waals surface area contributed by atoms with Crippen LogP contribution in [0.5, 0.6) is 5.75 Å². The van der Waals surface area contributed by atoms with E-state index in [0.717, 1.165) is 55.6 Å². The first-order valence-electron chi connectivity index (χ1n) is 14.8. The first-order valence-corrected chi connectivity index (χ1v) is 14.8. The molecular formula is C33H41N3O5. The lowest BCUT2D eigenvalue weighted by molar-refractivity contribution is -0.114. The summed E-state index contributed by atoms with van der Waals surface area (Å²) in [6.45, 7) is 7.28. The van der Waals surface area contributed by atoms with Crippen LogP contribution in [0.4, 0.5) is 0 Å². The van der Waals surface area contributed by atoms with E-state index in [1.54, 1.807) is 6.07 Å². The van der Waals surface area contributed by atoms with Crippen LogP contribution in [0.3, 0.4) is 0 Å². The summed E-state index contributed by atoms with van der Waals surface area (Å²) in [5.41, 5.74) is 11.1. The van der Waals surface area contributed by atoms with Gasteiger partial charge in [0.25, 0.3) is 5.91 Å². The van der Waals surface area contributed by atoms with Crippen LogP contribution >= 0.6 is 0 Å². The molecule has 1 amide bonds. The molecule has 8 heteroatoms. The van der Waals surface area contributed by atoms with Crippen molar-refractivity contribution in [1.29, 1.82) is 0 Å². The molecule has 4 atom stereocenters. The number of likely N-dealkylation sites (N-methyl/N-ethyl adjacent to an activating group) is 1. The summed E-state index contributed by atoms with van der Waals surface area (Å²) in [4.78, 5) is 31.1. The number of aliphatic hydroxyl groups excluding tert-OH is 2. The largest absolute Gasteiger partial charge is 0.511 e. The summed E-state index contributed by atoms with van der Waals surface area (Å²) >= 11 is 0. The van der Waals surface area contributed by atoms with Crippen LogP contribution < -0.4 is 5.73 Å². The Kier molecular flexibility index (Phi) is 6.90. The topological polar surface area (TPSA) is 127 Å². The molecule has 8 nitrogen and oxygen atoms in total. The van der Waals surface area contributed by atoms with Gasteiger partial charge in [0.2, 0.25) is 0 Å². The third-order valence-corrected chi connectivity index (χ3v) is 9.65. The van der Waals surface area contributed by atoms with E-state index < -0.39 is 17.9 Å². The van der Waals surface area contributed by atoms with Crippen molar-refractivity contribution < 1.29 is 24.9 Å². The van der Waals surface area contributed by atoms with Crippen molar-refractivity contribution in [2.45, 2.75) is 52.0 Å². The molecule has 1 aliphatic heterocycles. The number of fused-ring (bicyclic) bond motifs is 3. The van der Waals surface area contributed by atoms with Crippen LogP contribution in [0.15, 0.2) is 52.0 Å². The number of Topliss-reactive ketones (excluding diaryl/α,β-unsaturated/α-hetero) is 1. The number of amides is 1. The molecule has 3 unspecified atom stereocenters. The maximum atomic E-state index is 14.2. The van der Waals surface area contributed by atoms with Crippen LogP contribution in [0.2, 0.25) is 0 Å². The number of benzene rings is 1. The lowest BCUT2D eigenvalue weighted by Crippen LogP contribution is -2.50. The van der Waals surface area contributed by atoms with Crippen molar-refractivity contribution in [1.82, 2.24) is 9.80 Å². The highest BCUT2D eigenvalue weighted by molar-refractivity contribution is 6.14. The van der Waals surface area contributed by atoms with Crippen LogP contribution in [0.1, 0.15) is 61.0 Å². The fourth-order valence-electron chi connectivity index (χ4n) is 7.99.